The molecule has 3 N–H and O–H groups in total. The summed E-state index contributed by atoms with van der Waals surface area (Å²) in [5.41, 5.74) is 8.39. The van der Waals surface area contributed by atoms with Gasteiger partial charge in [0, 0.05) is 11.4 Å². The van der Waals surface area contributed by atoms with Gasteiger partial charge in [-0.15, -0.1) is 11.8 Å². The van der Waals surface area contributed by atoms with Gasteiger partial charge in [-0.1, -0.05) is 37.0 Å². The van der Waals surface area contributed by atoms with Gasteiger partial charge in [-0.2, -0.15) is 0 Å². The van der Waals surface area contributed by atoms with Crippen molar-refractivity contribution in [1.29, 1.82) is 0 Å². The molecule has 0 unspecified atom stereocenters. The lowest BCUT2D eigenvalue weighted by Crippen LogP contribution is -2.56. The first-order chi connectivity index (χ1) is 10.1. The maximum absolute atomic E-state index is 12.6. The molecule has 0 aromatic heterocycles. The highest BCUT2D eigenvalue weighted by atomic mass is 32.2. The molecule has 2 aliphatic rings. The Balaban J connectivity index is 1.67. The molecule has 4 heteroatoms. The van der Waals surface area contributed by atoms with Gasteiger partial charge in [0.1, 0.15) is 0 Å². The standard InChI is InChI=1S/C17H24N2OS/c1-12-5-6-14-13(9-12)10-15(21-14)16(20)19-17(11-18)7-3-2-4-8-17/h5-6,9,15H,2-4,7-8,10-11,18H2,1H3,(H,19,20)/t15-/m0/s1. The van der Waals surface area contributed by atoms with Crippen LogP contribution in [0.15, 0.2) is 23.1 Å². The topological polar surface area (TPSA) is 55.1 Å². The molecule has 3 rings (SSSR count). The second-order valence-corrected chi connectivity index (χ2v) is 7.70. The van der Waals surface area contributed by atoms with Crippen molar-refractivity contribution < 1.29 is 4.79 Å². The number of hydrogen-bond donors (Lipinski definition) is 2. The number of benzene rings is 1. The molecule has 3 nitrogen and oxygen atoms in total. The number of amides is 1. The number of carbonyl (C=O) groups is 1. The number of rotatable bonds is 3. The summed E-state index contributed by atoms with van der Waals surface area (Å²) in [6.45, 7) is 2.66. The fraction of sp³-hybridized carbons (Fsp3) is 0.588. The molecule has 0 bridgehead atoms. The zero-order valence-corrected chi connectivity index (χ0v) is 13.5. The van der Waals surface area contributed by atoms with E-state index in [2.05, 4.69) is 30.4 Å². The number of hydrogen-bond acceptors (Lipinski definition) is 3. The van der Waals surface area contributed by atoms with Crippen molar-refractivity contribution in [1.82, 2.24) is 5.32 Å². The minimum absolute atomic E-state index is 0.00662. The fourth-order valence-electron chi connectivity index (χ4n) is 3.47. The second-order valence-electron chi connectivity index (χ2n) is 6.46. The Labute approximate surface area is 131 Å². The molecule has 21 heavy (non-hydrogen) atoms. The minimum atomic E-state index is -0.152. The zero-order chi connectivity index (χ0) is 14.9. The molecule has 114 valence electrons. The van der Waals surface area contributed by atoms with Gasteiger partial charge in [0.2, 0.25) is 5.91 Å². The van der Waals surface area contributed by atoms with Crippen LogP contribution >= 0.6 is 11.8 Å². The van der Waals surface area contributed by atoms with E-state index in [1.807, 2.05) is 0 Å². The third kappa shape index (κ3) is 3.11. The van der Waals surface area contributed by atoms with E-state index in [0.717, 1.165) is 19.3 Å². The summed E-state index contributed by atoms with van der Waals surface area (Å²) in [6.07, 6.45) is 6.51. The van der Waals surface area contributed by atoms with E-state index >= 15 is 0 Å². The predicted molar refractivity (Wildman–Crippen MR) is 87.5 cm³/mol. The molecule has 0 saturated heterocycles. The normalized spacial score (nSPS) is 23.6. The van der Waals surface area contributed by atoms with Crippen molar-refractivity contribution in [3.05, 3.63) is 29.3 Å². The Morgan fingerprint density at radius 3 is 2.86 bits per heavy atom. The lowest BCUT2D eigenvalue weighted by molar-refractivity contribution is -0.122. The van der Waals surface area contributed by atoms with Gasteiger partial charge in [-0.05, 0) is 37.8 Å². The molecule has 1 amide bonds. The lowest BCUT2D eigenvalue weighted by Gasteiger charge is -2.37. The van der Waals surface area contributed by atoms with Gasteiger partial charge in [-0.25, -0.2) is 0 Å². The van der Waals surface area contributed by atoms with E-state index in [1.54, 1.807) is 11.8 Å². The van der Waals surface area contributed by atoms with Crippen molar-refractivity contribution in [2.24, 2.45) is 5.73 Å². The summed E-state index contributed by atoms with van der Waals surface area (Å²) in [6, 6.07) is 6.46. The fourth-order valence-corrected chi connectivity index (χ4v) is 4.65. The first-order valence-electron chi connectivity index (χ1n) is 7.90. The van der Waals surface area contributed by atoms with Crippen LogP contribution in [0.4, 0.5) is 0 Å². The maximum Gasteiger partial charge on any atom is 0.234 e. The van der Waals surface area contributed by atoms with Gasteiger partial charge in [0.25, 0.3) is 0 Å². The third-order valence-corrected chi connectivity index (χ3v) is 6.09. The highest BCUT2D eigenvalue weighted by Crippen LogP contribution is 2.38. The molecule has 1 aromatic rings. The van der Waals surface area contributed by atoms with Crippen molar-refractivity contribution in [3.8, 4) is 0 Å². The van der Waals surface area contributed by atoms with E-state index in [0.29, 0.717) is 6.54 Å². The first-order valence-corrected chi connectivity index (χ1v) is 8.78. The number of carbonyl (C=O) groups excluding carboxylic acids is 1. The van der Waals surface area contributed by atoms with Crippen LogP contribution in [0.25, 0.3) is 0 Å². The number of nitrogens with two attached hydrogens (primary N) is 1. The summed E-state index contributed by atoms with van der Waals surface area (Å²) >= 11 is 1.70. The molecule has 0 radical (unpaired) electrons. The molecule has 1 heterocycles. The average molecular weight is 304 g/mol. The van der Waals surface area contributed by atoms with Gasteiger partial charge >= 0.3 is 0 Å². The molecule has 1 aromatic carbocycles. The Hall–Kier alpha value is -1.00. The van der Waals surface area contributed by atoms with Crippen LogP contribution in [-0.4, -0.2) is 23.2 Å². The van der Waals surface area contributed by atoms with Crippen LogP contribution in [0.3, 0.4) is 0 Å². The molecule has 1 atom stereocenters. The average Bonchev–Trinajstić information content (AvgIpc) is 2.91. The molecule has 1 saturated carbocycles. The molecule has 1 aliphatic heterocycles. The van der Waals surface area contributed by atoms with Crippen molar-refractivity contribution in [2.75, 3.05) is 6.54 Å². The Morgan fingerprint density at radius 1 is 1.38 bits per heavy atom. The summed E-state index contributed by atoms with van der Waals surface area (Å²) in [4.78, 5) is 13.9. The summed E-state index contributed by atoms with van der Waals surface area (Å²) in [5.74, 6) is 0.168. The highest BCUT2D eigenvalue weighted by Gasteiger charge is 2.36. The quantitative estimate of drug-likeness (QED) is 0.903. The van der Waals surface area contributed by atoms with Gasteiger partial charge in [0.05, 0.1) is 10.8 Å². The van der Waals surface area contributed by atoms with Crippen molar-refractivity contribution >= 4 is 17.7 Å². The van der Waals surface area contributed by atoms with E-state index in [-0.39, 0.29) is 16.7 Å². The Morgan fingerprint density at radius 2 is 2.14 bits per heavy atom. The van der Waals surface area contributed by atoms with Gasteiger partial charge in [-0.3, -0.25) is 4.79 Å². The van der Waals surface area contributed by atoms with E-state index < -0.39 is 0 Å². The lowest BCUT2D eigenvalue weighted by atomic mass is 9.81. The molecule has 1 fully saturated rings. The SMILES string of the molecule is Cc1ccc2c(c1)C[C@@H](C(=O)NC1(CN)CCCCC1)S2. The number of fused-ring (bicyclic) bond motifs is 1. The van der Waals surface area contributed by atoms with Crippen LogP contribution < -0.4 is 11.1 Å². The van der Waals surface area contributed by atoms with E-state index in [9.17, 15) is 4.79 Å². The maximum atomic E-state index is 12.6. The highest BCUT2D eigenvalue weighted by molar-refractivity contribution is 8.01. The summed E-state index contributed by atoms with van der Waals surface area (Å²) < 4.78 is 0. The number of aryl methyl sites for hydroxylation is 1. The van der Waals surface area contributed by atoms with Crippen LogP contribution in [0.2, 0.25) is 0 Å². The van der Waals surface area contributed by atoms with Crippen molar-refractivity contribution in [2.45, 2.75) is 61.1 Å². The van der Waals surface area contributed by atoms with Gasteiger partial charge < -0.3 is 11.1 Å². The van der Waals surface area contributed by atoms with Crippen LogP contribution in [0.1, 0.15) is 43.2 Å². The molecule has 0 spiro atoms. The Kier molecular flexibility index (Phi) is 4.27. The number of thioether (sulfide) groups is 1. The predicted octanol–water partition coefficient (Wildman–Crippen LogP) is 2.79. The van der Waals surface area contributed by atoms with Crippen LogP contribution in [-0.2, 0) is 11.2 Å². The summed E-state index contributed by atoms with van der Waals surface area (Å²) in [5, 5.41) is 3.30. The minimum Gasteiger partial charge on any atom is -0.348 e. The van der Waals surface area contributed by atoms with Crippen LogP contribution in [0.5, 0.6) is 0 Å². The van der Waals surface area contributed by atoms with E-state index in [4.69, 9.17) is 5.73 Å². The number of nitrogens with one attached hydrogen (secondary N) is 1. The monoisotopic (exact) mass is 304 g/mol. The third-order valence-electron chi connectivity index (χ3n) is 4.77. The molecular formula is C17H24N2OS. The first kappa shape index (κ1) is 14.9. The molecule has 1 aliphatic carbocycles. The van der Waals surface area contributed by atoms with Crippen LogP contribution in [0, 0.1) is 6.92 Å². The van der Waals surface area contributed by atoms with Crippen molar-refractivity contribution in [3.63, 3.8) is 0 Å². The largest absolute Gasteiger partial charge is 0.348 e. The summed E-state index contributed by atoms with van der Waals surface area (Å²) in [7, 11) is 0. The second kappa shape index (κ2) is 6.01. The Bertz CT molecular complexity index is 538. The zero-order valence-electron chi connectivity index (χ0n) is 12.7. The molecular weight excluding hydrogens is 280 g/mol. The van der Waals surface area contributed by atoms with Gasteiger partial charge in [0.15, 0.2) is 0 Å². The smallest absolute Gasteiger partial charge is 0.234 e. The van der Waals surface area contributed by atoms with E-state index in [1.165, 1.54) is 35.3 Å².